The zero-order valence-electron chi connectivity index (χ0n) is 13.9. The summed E-state index contributed by atoms with van der Waals surface area (Å²) in [5.41, 5.74) is 2.88. The third kappa shape index (κ3) is 3.71. The largest absolute Gasteiger partial charge is 0.362 e. The highest BCUT2D eigenvalue weighted by molar-refractivity contribution is 6.30. The lowest BCUT2D eigenvalue weighted by Gasteiger charge is -2.43. The topological polar surface area (TPSA) is 3.24 Å². The normalized spacial score (nSPS) is 19.7. The van der Waals surface area contributed by atoms with E-state index >= 15 is 0 Å². The molecule has 114 valence electrons. The summed E-state index contributed by atoms with van der Waals surface area (Å²) in [5.74, 6) is 0. The Kier molecular flexibility index (Phi) is 4.26. The minimum Gasteiger partial charge on any atom is -0.362 e. The maximum Gasteiger partial charge on any atom is 0.0732 e. The Hall–Kier alpha value is -1.21. The highest BCUT2D eigenvalue weighted by Crippen LogP contribution is 2.38. The van der Waals surface area contributed by atoms with Gasteiger partial charge in [-0.1, -0.05) is 50.6 Å². The maximum atomic E-state index is 6.04. The van der Waals surface area contributed by atoms with Crippen molar-refractivity contribution < 1.29 is 0 Å². The molecule has 2 heteroatoms. The predicted octanol–water partition coefficient (Wildman–Crippen LogP) is 5.98. The third-order valence-corrected chi connectivity index (χ3v) is 4.16. The van der Waals surface area contributed by atoms with Gasteiger partial charge in [-0.25, -0.2) is 0 Å². The lowest BCUT2D eigenvalue weighted by Crippen LogP contribution is -2.41. The van der Waals surface area contributed by atoms with Crippen molar-refractivity contribution in [2.24, 2.45) is 5.41 Å². The monoisotopic (exact) mass is 303 g/mol. The summed E-state index contributed by atoms with van der Waals surface area (Å²) >= 11 is 6.04. The molecule has 1 aromatic carbocycles. The van der Waals surface area contributed by atoms with Crippen LogP contribution in [0.1, 0.15) is 53.1 Å². The minimum atomic E-state index is 0.0702. The summed E-state index contributed by atoms with van der Waals surface area (Å²) in [4.78, 5) is 2.41. The Bertz CT molecular complexity index is 553. The molecule has 0 fully saturated rings. The Morgan fingerprint density at radius 3 is 2.00 bits per heavy atom. The molecular weight excluding hydrogens is 278 g/mol. The molecule has 1 aliphatic rings. The molecule has 0 spiro atoms. The number of nitrogens with zero attached hydrogens (tertiary/aromatic N) is 1. The molecule has 1 aliphatic heterocycles. The zero-order chi connectivity index (χ0) is 15.8. The number of hydrogen-bond acceptors (Lipinski definition) is 1. The molecule has 0 saturated carbocycles. The molecule has 1 nitrogen and oxygen atoms in total. The quantitative estimate of drug-likeness (QED) is 0.616. The predicted molar refractivity (Wildman–Crippen MR) is 92.5 cm³/mol. The van der Waals surface area contributed by atoms with E-state index in [1.807, 2.05) is 12.1 Å². The molecule has 0 aromatic heterocycles. The second-order valence-corrected chi connectivity index (χ2v) is 8.20. The standard InChI is InChI=1S/C19H26ClN/c1-18(2,3)15-11-12-21(19(4,5)6)17(13-15)14-7-9-16(20)10-8-14/h7-13,17H,1-6H3. The minimum absolute atomic E-state index is 0.0702. The fourth-order valence-electron chi connectivity index (χ4n) is 2.62. The summed E-state index contributed by atoms with van der Waals surface area (Å²) in [6.45, 7) is 13.5. The molecule has 0 N–H and O–H groups in total. The lowest BCUT2D eigenvalue weighted by molar-refractivity contribution is 0.166. The van der Waals surface area contributed by atoms with Crippen LogP contribution in [0.2, 0.25) is 5.02 Å². The first-order chi connectivity index (χ1) is 9.59. The van der Waals surface area contributed by atoms with E-state index < -0.39 is 0 Å². The van der Waals surface area contributed by atoms with Crippen molar-refractivity contribution in [3.8, 4) is 0 Å². The first-order valence-electron chi connectivity index (χ1n) is 7.53. The van der Waals surface area contributed by atoms with E-state index in [0.29, 0.717) is 0 Å². The molecular formula is C19H26ClN. The Morgan fingerprint density at radius 1 is 0.952 bits per heavy atom. The second-order valence-electron chi connectivity index (χ2n) is 7.76. The van der Waals surface area contributed by atoms with Gasteiger partial charge in [0.1, 0.15) is 0 Å². The van der Waals surface area contributed by atoms with Crippen LogP contribution < -0.4 is 0 Å². The molecule has 1 unspecified atom stereocenters. The van der Waals surface area contributed by atoms with E-state index in [9.17, 15) is 0 Å². The summed E-state index contributed by atoms with van der Waals surface area (Å²) in [6.07, 6.45) is 6.87. The molecule has 0 aliphatic carbocycles. The highest BCUT2D eigenvalue weighted by Gasteiger charge is 2.30. The van der Waals surface area contributed by atoms with Gasteiger partial charge in [0.25, 0.3) is 0 Å². The molecule has 0 bridgehead atoms. The molecule has 1 atom stereocenters. The van der Waals surface area contributed by atoms with Gasteiger partial charge in [0.05, 0.1) is 6.04 Å². The van der Waals surface area contributed by atoms with Crippen molar-refractivity contribution in [2.45, 2.75) is 53.1 Å². The number of halogens is 1. The highest BCUT2D eigenvalue weighted by atomic mass is 35.5. The van der Waals surface area contributed by atoms with Crippen LogP contribution in [-0.2, 0) is 0 Å². The van der Waals surface area contributed by atoms with Gasteiger partial charge in [-0.05, 0) is 55.5 Å². The van der Waals surface area contributed by atoms with E-state index in [0.717, 1.165) is 5.02 Å². The van der Waals surface area contributed by atoms with Crippen molar-refractivity contribution in [1.82, 2.24) is 4.90 Å². The van der Waals surface area contributed by atoms with Gasteiger partial charge in [-0.15, -0.1) is 0 Å². The summed E-state index contributed by atoms with van der Waals surface area (Å²) < 4.78 is 0. The van der Waals surface area contributed by atoms with Gasteiger partial charge < -0.3 is 4.90 Å². The molecule has 1 aromatic rings. The summed E-state index contributed by atoms with van der Waals surface area (Å²) in [7, 11) is 0. The van der Waals surface area contributed by atoms with Crippen LogP contribution in [0, 0.1) is 5.41 Å². The Labute approximate surface area is 134 Å². The molecule has 0 radical (unpaired) electrons. The van der Waals surface area contributed by atoms with Crippen LogP contribution in [0.3, 0.4) is 0 Å². The van der Waals surface area contributed by atoms with E-state index in [2.05, 4.69) is 76.9 Å². The van der Waals surface area contributed by atoms with Gasteiger partial charge in [0, 0.05) is 16.8 Å². The number of hydrogen-bond donors (Lipinski definition) is 0. The van der Waals surface area contributed by atoms with Crippen LogP contribution in [0.4, 0.5) is 0 Å². The second kappa shape index (κ2) is 5.53. The van der Waals surface area contributed by atoms with E-state index in [1.54, 1.807) is 0 Å². The smallest absolute Gasteiger partial charge is 0.0732 e. The lowest BCUT2D eigenvalue weighted by atomic mass is 9.82. The number of rotatable bonds is 1. The van der Waals surface area contributed by atoms with Crippen LogP contribution in [0.5, 0.6) is 0 Å². The zero-order valence-corrected chi connectivity index (χ0v) is 14.7. The number of allylic oxidation sites excluding steroid dienone is 2. The first kappa shape index (κ1) is 16.2. The first-order valence-corrected chi connectivity index (χ1v) is 7.91. The maximum absolute atomic E-state index is 6.04. The van der Waals surface area contributed by atoms with Crippen LogP contribution >= 0.6 is 11.6 Å². The summed E-state index contributed by atoms with van der Waals surface area (Å²) in [6, 6.07) is 8.45. The van der Waals surface area contributed by atoms with Crippen LogP contribution in [0.25, 0.3) is 0 Å². The van der Waals surface area contributed by atoms with E-state index in [-0.39, 0.29) is 17.0 Å². The average molecular weight is 304 g/mol. The van der Waals surface area contributed by atoms with Crippen LogP contribution in [0.15, 0.2) is 48.2 Å². The Balaban J connectivity index is 2.46. The van der Waals surface area contributed by atoms with Gasteiger partial charge >= 0.3 is 0 Å². The van der Waals surface area contributed by atoms with Gasteiger partial charge in [-0.3, -0.25) is 0 Å². The van der Waals surface area contributed by atoms with Crippen molar-refractivity contribution >= 4 is 11.6 Å². The van der Waals surface area contributed by atoms with Crippen molar-refractivity contribution in [1.29, 1.82) is 0 Å². The fraction of sp³-hybridized carbons (Fsp3) is 0.474. The van der Waals surface area contributed by atoms with E-state index in [4.69, 9.17) is 11.6 Å². The molecule has 21 heavy (non-hydrogen) atoms. The molecule has 0 saturated heterocycles. The third-order valence-electron chi connectivity index (χ3n) is 3.90. The number of benzene rings is 1. The van der Waals surface area contributed by atoms with Crippen molar-refractivity contribution in [3.63, 3.8) is 0 Å². The molecule has 2 rings (SSSR count). The molecule has 1 heterocycles. The van der Waals surface area contributed by atoms with Crippen molar-refractivity contribution in [2.75, 3.05) is 0 Å². The van der Waals surface area contributed by atoms with Gasteiger partial charge in [0.2, 0.25) is 0 Å². The molecule has 0 amide bonds. The average Bonchev–Trinajstić information content (AvgIpc) is 2.37. The van der Waals surface area contributed by atoms with Crippen molar-refractivity contribution in [3.05, 3.63) is 58.8 Å². The van der Waals surface area contributed by atoms with E-state index in [1.165, 1.54) is 11.1 Å². The summed E-state index contributed by atoms with van der Waals surface area (Å²) in [5, 5.41) is 0.785. The SMILES string of the molecule is CC(C)(C)C1=CC(c2ccc(Cl)cc2)N(C(C)(C)C)C=C1. The fourth-order valence-corrected chi connectivity index (χ4v) is 2.74. The van der Waals surface area contributed by atoms with Gasteiger partial charge in [-0.2, -0.15) is 0 Å². The van der Waals surface area contributed by atoms with Crippen LogP contribution in [-0.4, -0.2) is 10.4 Å². The van der Waals surface area contributed by atoms with Gasteiger partial charge in [0.15, 0.2) is 0 Å². The Morgan fingerprint density at radius 2 is 1.52 bits per heavy atom.